The number of hydrogen-bond acceptors (Lipinski definition) is 6. The van der Waals surface area contributed by atoms with Crippen LogP contribution in [0.1, 0.15) is 41.5 Å². The highest BCUT2D eigenvalue weighted by molar-refractivity contribution is 6.08. The van der Waals surface area contributed by atoms with Crippen LogP contribution in [0.15, 0.2) is 34.3 Å². The Bertz CT molecular complexity index is 771. The van der Waals surface area contributed by atoms with Crippen LogP contribution < -0.4 is 20.8 Å². The molecule has 0 radical (unpaired) electrons. The minimum absolute atomic E-state index is 0.354. The first-order chi connectivity index (χ1) is 12.3. The van der Waals surface area contributed by atoms with E-state index >= 15 is 0 Å². The molecular formula is C19H24N4O4-2. The Morgan fingerprint density at radius 1 is 0.741 bits per heavy atom. The van der Waals surface area contributed by atoms with Gasteiger partial charge in [-0.15, -0.1) is 0 Å². The van der Waals surface area contributed by atoms with Gasteiger partial charge in [0.05, 0.1) is 11.4 Å². The van der Waals surface area contributed by atoms with Crippen LogP contribution in [-0.4, -0.2) is 34.7 Å². The molecule has 2 amide bonds. The molecular weight excluding hydrogens is 348 g/mol. The van der Waals surface area contributed by atoms with Gasteiger partial charge in [-0.25, -0.2) is 0 Å². The maximum atomic E-state index is 12.7. The number of benzene rings is 1. The van der Waals surface area contributed by atoms with Crippen molar-refractivity contribution in [3.05, 3.63) is 24.3 Å². The molecule has 0 aromatic heterocycles. The minimum atomic E-state index is -1.60. The van der Waals surface area contributed by atoms with E-state index in [-0.39, 0.29) is 0 Å². The van der Waals surface area contributed by atoms with E-state index in [1.165, 1.54) is 41.5 Å². The van der Waals surface area contributed by atoms with E-state index in [0.29, 0.717) is 11.4 Å². The van der Waals surface area contributed by atoms with Crippen molar-refractivity contribution in [1.82, 2.24) is 0 Å². The molecule has 146 valence electrons. The van der Waals surface area contributed by atoms with Gasteiger partial charge in [-0.3, -0.25) is 19.6 Å². The molecule has 2 N–H and O–H groups in total. The fourth-order valence-corrected chi connectivity index (χ4v) is 2.23. The van der Waals surface area contributed by atoms with Gasteiger partial charge in [0.15, 0.2) is 0 Å². The Labute approximate surface area is 158 Å². The number of carbonyl (C=O) groups is 2. The second kappa shape index (κ2) is 6.68. The number of anilines is 2. The molecule has 1 aliphatic heterocycles. The number of amides is 2. The van der Waals surface area contributed by atoms with Gasteiger partial charge in [-0.05, 0) is 51.6 Å². The maximum absolute atomic E-state index is 12.7. The SMILES string of the molecule is CC1(C)N=C([O-])C(C)(C)C([O-])=NC(C)(C)C(=O)Nc2ccccc2NC1=O. The lowest BCUT2D eigenvalue weighted by atomic mass is 9.91. The summed E-state index contributed by atoms with van der Waals surface area (Å²) in [5.74, 6) is -2.65. The molecule has 1 aromatic rings. The van der Waals surface area contributed by atoms with Gasteiger partial charge < -0.3 is 20.8 Å². The van der Waals surface area contributed by atoms with Gasteiger partial charge in [0, 0.05) is 5.41 Å². The molecule has 1 heterocycles. The largest absolute Gasteiger partial charge is 0.861 e. The molecule has 1 aliphatic rings. The van der Waals surface area contributed by atoms with Crippen molar-refractivity contribution in [3.63, 3.8) is 0 Å². The first-order valence-electron chi connectivity index (χ1n) is 8.54. The highest BCUT2D eigenvalue weighted by Gasteiger charge is 2.33. The Morgan fingerprint density at radius 3 is 1.41 bits per heavy atom. The van der Waals surface area contributed by atoms with Gasteiger partial charge in [0.1, 0.15) is 11.1 Å². The Hall–Kier alpha value is -2.90. The van der Waals surface area contributed by atoms with Gasteiger partial charge in [0.25, 0.3) is 11.8 Å². The summed E-state index contributed by atoms with van der Waals surface area (Å²) in [6.07, 6.45) is 0. The minimum Gasteiger partial charge on any atom is -0.861 e. The highest BCUT2D eigenvalue weighted by atomic mass is 16.3. The van der Waals surface area contributed by atoms with Crippen LogP contribution in [0.2, 0.25) is 0 Å². The van der Waals surface area contributed by atoms with E-state index < -0.39 is 40.1 Å². The number of para-hydroxylation sites is 2. The summed E-state index contributed by atoms with van der Waals surface area (Å²) in [5.41, 5.74) is -3.74. The van der Waals surface area contributed by atoms with Crippen molar-refractivity contribution in [2.24, 2.45) is 15.4 Å². The molecule has 27 heavy (non-hydrogen) atoms. The summed E-state index contributed by atoms with van der Waals surface area (Å²) in [6, 6.07) is 6.62. The number of fused-ring (bicyclic) bond motifs is 1. The third-order valence-electron chi connectivity index (χ3n) is 4.37. The van der Waals surface area contributed by atoms with Crippen molar-refractivity contribution in [3.8, 4) is 0 Å². The average molecular weight is 372 g/mol. The molecule has 0 saturated carbocycles. The topological polar surface area (TPSA) is 129 Å². The van der Waals surface area contributed by atoms with Crippen LogP contribution in [0, 0.1) is 5.41 Å². The molecule has 0 bridgehead atoms. The molecule has 8 heteroatoms. The highest BCUT2D eigenvalue weighted by Crippen LogP contribution is 2.27. The Balaban J connectivity index is 2.68. The first kappa shape index (κ1) is 20.4. The lowest BCUT2D eigenvalue weighted by Crippen LogP contribution is -2.51. The number of hydrogen-bond donors (Lipinski definition) is 2. The van der Waals surface area contributed by atoms with E-state index in [0.717, 1.165) is 0 Å². The average Bonchev–Trinajstić information content (AvgIpc) is 2.54. The van der Waals surface area contributed by atoms with Crippen molar-refractivity contribution in [1.29, 1.82) is 0 Å². The molecule has 0 aliphatic carbocycles. The van der Waals surface area contributed by atoms with E-state index in [9.17, 15) is 19.8 Å². The normalized spacial score (nSPS) is 21.9. The smallest absolute Gasteiger partial charge is 0.251 e. The number of nitrogens with one attached hydrogen (secondary N) is 2. The fraction of sp³-hybridized carbons (Fsp3) is 0.474. The van der Waals surface area contributed by atoms with E-state index in [1.54, 1.807) is 24.3 Å². The molecule has 2 rings (SSSR count). The van der Waals surface area contributed by atoms with Crippen molar-refractivity contribution in [2.45, 2.75) is 52.6 Å². The molecule has 0 saturated heterocycles. The van der Waals surface area contributed by atoms with Gasteiger partial charge in [-0.1, -0.05) is 26.0 Å². The zero-order valence-corrected chi connectivity index (χ0v) is 16.3. The molecule has 0 atom stereocenters. The zero-order valence-electron chi connectivity index (χ0n) is 16.3. The third kappa shape index (κ3) is 4.10. The van der Waals surface area contributed by atoms with E-state index in [2.05, 4.69) is 20.6 Å². The second-order valence-electron chi connectivity index (χ2n) is 8.03. The van der Waals surface area contributed by atoms with E-state index in [1.807, 2.05) is 0 Å². The van der Waals surface area contributed by atoms with Crippen LogP contribution in [0.25, 0.3) is 0 Å². The second-order valence-corrected chi connectivity index (χ2v) is 8.03. The Morgan fingerprint density at radius 2 is 1.07 bits per heavy atom. The van der Waals surface area contributed by atoms with Crippen molar-refractivity contribution < 1.29 is 19.8 Å². The molecule has 0 fully saturated rings. The summed E-state index contributed by atoms with van der Waals surface area (Å²) < 4.78 is 0. The molecule has 1 aromatic carbocycles. The predicted molar refractivity (Wildman–Crippen MR) is 101 cm³/mol. The third-order valence-corrected chi connectivity index (χ3v) is 4.37. The monoisotopic (exact) mass is 372 g/mol. The summed E-state index contributed by atoms with van der Waals surface area (Å²) in [5, 5.41) is 30.6. The number of nitrogens with zero attached hydrogens (tertiary/aromatic N) is 2. The fourth-order valence-electron chi connectivity index (χ4n) is 2.23. The first-order valence-corrected chi connectivity index (χ1v) is 8.54. The summed E-state index contributed by atoms with van der Waals surface area (Å²) in [4.78, 5) is 33.3. The van der Waals surface area contributed by atoms with E-state index in [4.69, 9.17) is 0 Å². The van der Waals surface area contributed by atoms with Crippen molar-refractivity contribution in [2.75, 3.05) is 10.6 Å². The number of aliphatic imine (C=N–C) groups is 2. The molecule has 8 nitrogen and oxygen atoms in total. The van der Waals surface area contributed by atoms with Crippen LogP contribution in [0.5, 0.6) is 0 Å². The molecule has 0 unspecified atom stereocenters. The van der Waals surface area contributed by atoms with Gasteiger partial charge in [0.2, 0.25) is 0 Å². The van der Waals surface area contributed by atoms with Gasteiger partial charge >= 0.3 is 0 Å². The summed E-state index contributed by atoms with van der Waals surface area (Å²) in [7, 11) is 0. The standard InChI is InChI=1S/C19H26N4O4/c1-17(2)13(24)22-18(3,4)15(26)20-11-9-7-8-10-12(11)21-16(27)19(5,6)23-14(17)25/h7-10H,1-6H3,(H,20,26)(H,21,27)(H,22,24)(H,23,25)/p-2. The predicted octanol–water partition coefficient (Wildman–Crippen LogP) is 0.678. The van der Waals surface area contributed by atoms with Crippen LogP contribution in [0.4, 0.5) is 11.4 Å². The number of rotatable bonds is 0. The van der Waals surface area contributed by atoms with Crippen LogP contribution in [0.3, 0.4) is 0 Å². The quantitative estimate of drug-likeness (QED) is 0.693. The Kier molecular flexibility index (Phi) is 5.05. The lowest BCUT2D eigenvalue weighted by molar-refractivity contribution is -0.249. The maximum Gasteiger partial charge on any atom is 0.251 e. The molecule has 0 spiro atoms. The van der Waals surface area contributed by atoms with Crippen LogP contribution in [-0.2, 0) is 9.59 Å². The number of carbonyl (C=O) groups excluding carboxylic acids is 2. The van der Waals surface area contributed by atoms with Crippen LogP contribution >= 0.6 is 0 Å². The van der Waals surface area contributed by atoms with Gasteiger partial charge in [-0.2, -0.15) is 0 Å². The summed E-state index contributed by atoms with van der Waals surface area (Å²) in [6.45, 7) is 8.65. The lowest BCUT2D eigenvalue weighted by Gasteiger charge is -2.39. The van der Waals surface area contributed by atoms with Crippen molar-refractivity contribution >= 4 is 35.0 Å². The zero-order chi connectivity index (χ0) is 20.6. The summed E-state index contributed by atoms with van der Waals surface area (Å²) >= 11 is 0.